The molecule has 3 rings (SSSR count). The average Bonchev–Trinajstić information content (AvgIpc) is 3.01. The number of thioether (sulfide) groups is 1. The van der Waals surface area contributed by atoms with Crippen molar-refractivity contribution in [2.45, 2.75) is 12.1 Å². The molecule has 2 aromatic rings. The molecule has 0 bridgehead atoms. The van der Waals surface area contributed by atoms with Crippen LogP contribution in [0.15, 0.2) is 35.5 Å². The molecule has 24 heavy (non-hydrogen) atoms. The maximum atomic E-state index is 12.4. The molecule has 0 unspecified atom stereocenters. The van der Waals surface area contributed by atoms with Gasteiger partial charge in [-0.1, -0.05) is 42.1 Å². The van der Waals surface area contributed by atoms with E-state index >= 15 is 0 Å². The highest BCUT2D eigenvalue weighted by Gasteiger charge is 2.23. The molecular weight excluding hydrogens is 322 g/mol. The van der Waals surface area contributed by atoms with E-state index in [2.05, 4.69) is 17.1 Å². The molecule has 128 valence electrons. The van der Waals surface area contributed by atoms with E-state index in [9.17, 15) is 4.79 Å². The first-order chi connectivity index (χ1) is 11.7. The van der Waals surface area contributed by atoms with Gasteiger partial charge < -0.3 is 14.4 Å². The number of quaternary nitrogens is 1. The molecule has 1 amide bonds. The predicted octanol–water partition coefficient (Wildman–Crippen LogP) is 0.321. The molecule has 6 nitrogen and oxygen atoms in total. The van der Waals surface area contributed by atoms with Crippen LogP contribution in [0.2, 0.25) is 0 Å². The van der Waals surface area contributed by atoms with Crippen molar-refractivity contribution in [1.82, 2.24) is 19.7 Å². The van der Waals surface area contributed by atoms with E-state index in [0.29, 0.717) is 5.75 Å². The maximum absolute atomic E-state index is 12.4. The fourth-order valence-corrected chi connectivity index (χ4v) is 3.74. The van der Waals surface area contributed by atoms with E-state index in [0.717, 1.165) is 49.3 Å². The number of amides is 1. The SMILES string of the molecule is CC[NH+]1CCN(C(=O)CSc2nnc(-c3ccccc3)n2C)CC1. The highest BCUT2D eigenvalue weighted by Crippen LogP contribution is 2.22. The standard InChI is InChI=1S/C17H23N5OS/c1-3-21-9-11-22(12-10-21)15(23)13-24-17-19-18-16(20(17)2)14-7-5-4-6-8-14/h4-8H,3,9-13H2,1-2H3/p+1. The van der Waals surface area contributed by atoms with Gasteiger partial charge in [-0.15, -0.1) is 10.2 Å². The van der Waals surface area contributed by atoms with Gasteiger partial charge in [-0.05, 0) is 6.92 Å². The van der Waals surface area contributed by atoms with Gasteiger partial charge in [-0.2, -0.15) is 0 Å². The Balaban J connectivity index is 1.57. The molecule has 0 aliphatic carbocycles. The van der Waals surface area contributed by atoms with E-state index in [4.69, 9.17) is 0 Å². The highest BCUT2D eigenvalue weighted by molar-refractivity contribution is 7.99. The van der Waals surface area contributed by atoms with Gasteiger partial charge in [-0.25, -0.2) is 0 Å². The van der Waals surface area contributed by atoms with E-state index in [1.165, 1.54) is 11.8 Å². The Kier molecular flexibility index (Phi) is 5.52. The van der Waals surface area contributed by atoms with Crippen LogP contribution in [-0.4, -0.2) is 64.0 Å². The summed E-state index contributed by atoms with van der Waals surface area (Å²) in [5.41, 5.74) is 1.03. The summed E-state index contributed by atoms with van der Waals surface area (Å²) in [6.07, 6.45) is 0. The molecule has 7 heteroatoms. The van der Waals surface area contributed by atoms with Gasteiger partial charge >= 0.3 is 0 Å². The second-order valence-corrected chi connectivity index (χ2v) is 6.95. The van der Waals surface area contributed by atoms with Crippen molar-refractivity contribution in [1.29, 1.82) is 0 Å². The molecule has 1 fully saturated rings. The molecule has 0 saturated carbocycles. The lowest BCUT2D eigenvalue weighted by atomic mass is 10.2. The maximum Gasteiger partial charge on any atom is 0.233 e. The molecule has 2 heterocycles. The number of hydrogen-bond donors (Lipinski definition) is 1. The zero-order valence-electron chi connectivity index (χ0n) is 14.2. The smallest absolute Gasteiger partial charge is 0.233 e. The summed E-state index contributed by atoms with van der Waals surface area (Å²) in [5.74, 6) is 1.44. The number of carbonyl (C=O) groups is 1. The molecule has 1 saturated heterocycles. The third-order valence-corrected chi connectivity index (χ3v) is 5.52. The Hall–Kier alpha value is -1.86. The normalized spacial score (nSPS) is 15.7. The molecule has 0 spiro atoms. The topological polar surface area (TPSA) is 55.5 Å². The largest absolute Gasteiger partial charge is 0.332 e. The zero-order chi connectivity index (χ0) is 16.9. The fraction of sp³-hybridized carbons (Fsp3) is 0.471. The van der Waals surface area contributed by atoms with Crippen molar-refractivity contribution in [2.75, 3.05) is 38.5 Å². The fourth-order valence-electron chi connectivity index (χ4n) is 2.92. The lowest BCUT2D eigenvalue weighted by Gasteiger charge is -2.31. The van der Waals surface area contributed by atoms with Gasteiger partial charge in [0.05, 0.1) is 38.5 Å². The first-order valence-electron chi connectivity index (χ1n) is 8.38. The quantitative estimate of drug-likeness (QED) is 0.793. The van der Waals surface area contributed by atoms with Crippen molar-refractivity contribution < 1.29 is 9.69 Å². The van der Waals surface area contributed by atoms with E-state index in [1.807, 2.05) is 46.8 Å². The van der Waals surface area contributed by atoms with Crippen LogP contribution in [-0.2, 0) is 11.8 Å². The minimum absolute atomic E-state index is 0.194. The van der Waals surface area contributed by atoms with Crippen LogP contribution < -0.4 is 4.90 Å². The van der Waals surface area contributed by atoms with Gasteiger partial charge in [-0.3, -0.25) is 4.79 Å². The van der Waals surface area contributed by atoms with Crippen molar-refractivity contribution in [3.8, 4) is 11.4 Å². The van der Waals surface area contributed by atoms with Crippen molar-refractivity contribution >= 4 is 17.7 Å². The van der Waals surface area contributed by atoms with Crippen LogP contribution in [0.3, 0.4) is 0 Å². The van der Waals surface area contributed by atoms with Crippen molar-refractivity contribution in [3.05, 3.63) is 30.3 Å². The number of hydrogen-bond acceptors (Lipinski definition) is 4. The number of nitrogens with one attached hydrogen (secondary N) is 1. The van der Waals surface area contributed by atoms with Crippen molar-refractivity contribution in [2.24, 2.45) is 7.05 Å². The number of benzene rings is 1. The molecule has 1 aromatic carbocycles. The van der Waals surface area contributed by atoms with Crippen LogP contribution in [0, 0.1) is 0 Å². The van der Waals surface area contributed by atoms with E-state index < -0.39 is 0 Å². The Morgan fingerprint density at radius 1 is 1.21 bits per heavy atom. The number of carbonyl (C=O) groups excluding carboxylic acids is 1. The summed E-state index contributed by atoms with van der Waals surface area (Å²) in [4.78, 5) is 15.9. The second-order valence-electron chi connectivity index (χ2n) is 6.00. The van der Waals surface area contributed by atoms with E-state index in [-0.39, 0.29) is 5.91 Å². The Bertz CT molecular complexity index is 680. The van der Waals surface area contributed by atoms with Gasteiger partial charge in [0.2, 0.25) is 5.91 Å². The number of likely N-dealkylation sites (N-methyl/N-ethyl adjacent to an activating group) is 1. The Labute approximate surface area is 146 Å². The monoisotopic (exact) mass is 346 g/mol. The third-order valence-electron chi connectivity index (χ3n) is 4.51. The van der Waals surface area contributed by atoms with Crippen LogP contribution in [0.5, 0.6) is 0 Å². The molecule has 0 radical (unpaired) electrons. The van der Waals surface area contributed by atoms with Crippen LogP contribution in [0.4, 0.5) is 0 Å². The van der Waals surface area contributed by atoms with Gasteiger partial charge in [0.15, 0.2) is 11.0 Å². The lowest BCUT2D eigenvalue weighted by molar-refractivity contribution is -0.902. The number of rotatable bonds is 5. The molecule has 1 N–H and O–H groups in total. The molecule has 1 aliphatic rings. The predicted molar refractivity (Wildman–Crippen MR) is 95.0 cm³/mol. The van der Waals surface area contributed by atoms with E-state index in [1.54, 1.807) is 4.90 Å². The first-order valence-corrected chi connectivity index (χ1v) is 9.36. The summed E-state index contributed by atoms with van der Waals surface area (Å²) >= 11 is 1.46. The minimum atomic E-state index is 0.194. The molecule has 0 atom stereocenters. The summed E-state index contributed by atoms with van der Waals surface area (Å²) in [5, 5.41) is 9.27. The number of piperazine rings is 1. The Morgan fingerprint density at radius 3 is 2.58 bits per heavy atom. The highest BCUT2D eigenvalue weighted by atomic mass is 32.2. The van der Waals surface area contributed by atoms with Crippen molar-refractivity contribution in [3.63, 3.8) is 0 Å². The van der Waals surface area contributed by atoms with Gasteiger partial charge in [0, 0.05) is 12.6 Å². The summed E-state index contributed by atoms with van der Waals surface area (Å²) in [6, 6.07) is 9.98. The summed E-state index contributed by atoms with van der Waals surface area (Å²) in [7, 11) is 1.94. The molecule has 1 aromatic heterocycles. The Morgan fingerprint density at radius 2 is 1.92 bits per heavy atom. The molecular formula is C17H24N5OS+. The second kappa shape index (κ2) is 7.81. The molecule has 1 aliphatic heterocycles. The summed E-state index contributed by atoms with van der Waals surface area (Å²) < 4.78 is 1.95. The zero-order valence-corrected chi connectivity index (χ0v) is 15.1. The average molecular weight is 346 g/mol. The summed E-state index contributed by atoms with van der Waals surface area (Å²) in [6.45, 7) is 7.15. The number of aromatic nitrogens is 3. The van der Waals surface area contributed by atoms with Gasteiger partial charge in [0.25, 0.3) is 0 Å². The number of nitrogens with zero attached hydrogens (tertiary/aromatic N) is 4. The van der Waals surface area contributed by atoms with Gasteiger partial charge in [0.1, 0.15) is 0 Å². The van der Waals surface area contributed by atoms with Crippen LogP contribution >= 0.6 is 11.8 Å². The lowest BCUT2D eigenvalue weighted by Crippen LogP contribution is -3.14. The minimum Gasteiger partial charge on any atom is -0.332 e. The van der Waals surface area contributed by atoms with Crippen LogP contribution in [0.1, 0.15) is 6.92 Å². The van der Waals surface area contributed by atoms with Crippen LogP contribution in [0.25, 0.3) is 11.4 Å². The first kappa shape index (κ1) is 17.0. The third kappa shape index (κ3) is 3.79.